The molecule has 0 radical (unpaired) electrons. The van der Waals surface area contributed by atoms with Crippen LogP contribution in [0.3, 0.4) is 0 Å². The van der Waals surface area contributed by atoms with Crippen molar-refractivity contribution < 1.29 is 9.53 Å². The molecular formula is C12H27N3O2. The Balaban J connectivity index is 4.04. The van der Waals surface area contributed by atoms with E-state index < -0.39 is 0 Å². The molecule has 5 nitrogen and oxygen atoms in total. The Bertz CT molecular complexity index is 208. The Morgan fingerprint density at radius 2 is 2.00 bits per heavy atom. The second kappa shape index (κ2) is 8.44. The van der Waals surface area contributed by atoms with Crippen LogP contribution in [0, 0.1) is 5.92 Å². The molecule has 0 saturated carbocycles. The van der Waals surface area contributed by atoms with Crippen LogP contribution in [0.1, 0.15) is 20.3 Å². The van der Waals surface area contributed by atoms with Crippen molar-refractivity contribution in [1.82, 2.24) is 10.2 Å². The van der Waals surface area contributed by atoms with Crippen LogP contribution in [-0.2, 0) is 9.53 Å². The molecule has 0 aromatic carbocycles. The first-order valence-corrected chi connectivity index (χ1v) is 6.08. The van der Waals surface area contributed by atoms with Gasteiger partial charge >= 0.3 is 0 Å². The smallest absolute Gasteiger partial charge is 0.222 e. The van der Waals surface area contributed by atoms with E-state index in [1.807, 2.05) is 14.1 Å². The average Bonchev–Trinajstić information content (AvgIpc) is 2.25. The molecule has 0 aliphatic rings. The molecule has 17 heavy (non-hydrogen) atoms. The third kappa shape index (κ3) is 6.61. The first-order valence-electron chi connectivity index (χ1n) is 6.08. The SMILES string of the molecule is COC(CN)CC(=O)NCC(C(C)C)N(C)C. The topological polar surface area (TPSA) is 67.6 Å². The van der Waals surface area contributed by atoms with E-state index in [0.29, 0.717) is 31.5 Å². The number of carbonyl (C=O) groups excluding carboxylic acids is 1. The van der Waals surface area contributed by atoms with Crippen molar-refractivity contribution >= 4 is 5.91 Å². The number of methoxy groups -OCH3 is 1. The number of amides is 1. The van der Waals surface area contributed by atoms with Crippen molar-refractivity contribution in [2.45, 2.75) is 32.4 Å². The molecule has 0 bridgehead atoms. The molecule has 0 fully saturated rings. The maximum absolute atomic E-state index is 11.7. The second-order valence-electron chi connectivity index (χ2n) is 4.88. The summed E-state index contributed by atoms with van der Waals surface area (Å²) >= 11 is 0. The molecule has 2 unspecified atom stereocenters. The number of rotatable bonds is 8. The molecule has 102 valence electrons. The van der Waals surface area contributed by atoms with Gasteiger partial charge in [-0.25, -0.2) is 0 Å². The van der Waals surface area contributed by atoms with Gasteiger partial charge in [-0.15, -0.1) is 0 Å². The lowest BCUT2D eigenvalue weighted by Crippen LogP contribution is -2.44. The molecule has 0 spiro atoms. The van der Waals surface area contributed by atoms with Crippen molar-refractivity contribution in [2.24, 2.45) is 11.7 Å². The standard InChI is InChI=1S/C12H27N3O2/c1-9(2)11(15(3)4)8-14-12(16)6-10(7-13)17-5/h9-11H,6-8,13H2,1-5H3,(H,14,16). The maximum atomic E-state index is 11.7. The van der Waals surface area contributed by atoms with Gasteiger partial charge in [0.05, 0.1) is 12.5 Å². The van der Waals surface area contributed by atoms with Crippen molar-refractivity contribution in [3.05, 3.63) is 0 Å². The molecule has 0 aromatic heterocycles. The Hall–Kier alpha value is -0.650. The van der Waals surface area contributed by atoms with Crippen LogP contribution < -0.4 is 11.1 Å². The van der Waals surface area contributed by atoms with Crippen LogP contribution >= 0.6 is 0 Å². The first kappa shape index (κ1) is 16.4. The van der Waals surface area contributed by atoms with Crippen molar-refractivity contribution in [2.75, 3.05) is 34.3 Å². The Morgan fingerprint density at radius 3 is 2.35 bits per heavy atom. The zero-order valence-corrected chi connectivity index (χ0v) is 11.7. The Labute approximate surface area is 105 Å². The monoisotopic (exact) mass is 245 g/mol. The third-order valence-corrected chi connectivity index (χ3v) is 2.95. The zero-order chi connectivity index (χ0) is 13.4. The summed E-state index contributed by atoms with van der Waals surface area (Å²) in [5.74, 6) is 0.493. The highest BCUT2D eigenvalue weighted by Gasteiger charge is 2.17. The van der Waals surface area contributed by atoms with Gasteiger partial charge in [0, 0.05) is 26.2 Å². The van der Waals surface area contributed by atoms with E-state index >= 15 is 0 Å². The fraction of sp³-hybridized carbons (Fsp3) is 0.917. The average molecular weight is 245 g/mol. The fourth-order valence-corrected chi connectivity index (χ4v) is 1.77. The number of ether oxygens (including phenoxy) is 1. The Kier molecular flexibility index (Phi) is 8.12. The van der Waals surface area contributed by atoms with Gasteiger partial charge < -0.3 is 20.7 Å². The Morgan fingerprint density at radius 1 is 1.41 bits per heavy atom. The molecular weight excluding hydrogens is 218 g/mol. The lowest BCUT2D eigenvalue weighted by Gasteiger charge is -2.28. The highest BCUT2D eigenvalue weighted by atomic mass is 16.5. The van der Waals surface area contributed by atoms with Crippen LogP contribution in [0.25, 0.3) is 0 Å². The largest absolute Gasteiger partial charge is 0.380 e. The van der Waals surface area contributed by atoms with Gasteiger partial charge in [-0.3, -0.25) is 4.79 Å². The zero-order valence-electron chi connectivity index (χ0n) is 11.7. The highest BCUT2D eigenvalue weighted by molar-refractivity contribution is 5.76. The number of likely N-dealkylation sites (N-methyl/N-ethyl adjacent to an activating group) is 1. The van der Waals surface area contributed by atoms with Crippen molar-refractivity contribution in [3.8, 4) is 0 Å². The van der Waals surface area contributed by atoms with Crippen molar-refractivity contribution in [1.29, 1.82) is 0 Å². The van der Waals surface area contributed by atoms with E-state index in [1.54, 1.807) is 7.11 Å². The van der Waals surface area contributed by atoms with E-state index in [1.165, 1.54) is 0 Å². The number of hydrogen-bond donors (Lipinski definition) is 2. The molecule has 0 aliphatic carbocycles. The molecule has 0 heterocycles. The molecule has 0 aromatic rings. The summed E-state index contributed by atoms with van der Waals surface area (Å²) in [5, 5.41) is 2.93. The molecule has 0 aliphatic heterocycles. The van der Waals surface area contributed by atoms with Crippen LogP contribution in [0.15, 0.2) is 0 Å². The second-order valence-corrected chi connectivity index (χ2v) is 4.88. The number of carbonyl (C=O) groups is 1. The minimum Gasteiger partial charge on any atom is -0.380 e. The van der Waals surface area contributed by atoms with Crippen LogP contribution in [-0.4, -0.2) is 57.2 Å². The van der Waals surface area contributed by atoms with Gasteiger partial charge in [0.15, 0.2) is 0 Å². The summed E-state index contributed by atoms with van der Waals surface area (Å²) in [4.78, 5) is 13.8. The van der Waals surface area contributed by atoms with E-state index in [4.69, 9.17) is 10.5 Å². The summed E-state index contributed by atoms with van der Waals surface area (Å²) in [5.41, 5.74) is 5.47. The van der Waals surface area contributed by atoms with Crippen LogP contribution in [0.2, 0.25) is 0 Å². The molecule has 1 amide bonds. The van der Waals surface area contributed by atoms with Crippen LogP contribution in [0.4, 0.5) is 0 Å². The summed E-state index contributed by atoms with van der Waals surface area (Å²) < 4.78 is 5.08. The normalized spacial score (nSPS) is 15.1. The van der Waals surface area contributed by atoms with Gasteiger partial charge in [-0.05, 0) is 20.0 Å². The molecule has 0 saturated heterocycles. The lowest BCUT2D eigenvalue weighted by molar-refractivity contribution is -0.123. The van der Waals surface area contributed by atoms with E-state index in [9.17, 15) is 4.79 Å². The van der Waals surface area contributed by atoms with Gasteiger partial charge in [0.25, 0.3) is 0 Å². The summed E-state index contributed by atoms with van der Waals surface area (Å²) in [7, 11) is 5.62. The van der Waals surface area contributed by atoms with Crippen molar-refractivity contribution in [3.63, 3.8) is 0 Å². The van der Waals surface area contributed by atoms with Gasteiger partial charge in [0.2, 0.25) is 5.91 Å². The molecule has 0 rings (SSSR count). The predicted octanol–water partition coefficient (Wildman–Crippen LogP) is 0.0526. The fourth-order valence-electron chi connectivity index (χ4n) is 1.77. The summed E-state index contributed by atoms with van der Waals surface area (Å²) in [6, 6.07) is 0.345. The quantitative estimate of drug-likeness (QED) is 0.634. The molecule has 5 heteroatoms. The molecule has 2 atom stereocenters. The number of hydrogen-bond acceptors (Lipinski definition) is 4. The summed E-state index contributed by atoms with van der Waals surface area (Å²) in [6.07, 6.45) is 0.137. The number of nitrogens with two attached hydrogens (primary N) is 1. The van der Waals surface area contributed by atoms with E-state index in [-0.39, 0.29) is 12.0 Å². The summed E-state index contributed by atoms with van der Waals surface area (Å²) in [6.45, 7) is 5.32. The van der Waals surface area contributed by atoms with Crippen LogP contribution in [0.5, 0.6) is 0 Å². The van der Waals surface area contributed by atoms with Gasteiger partial charge in [0.1, 0.15) is 0 Å². The minimum atomic E-state index is -0.188. The van der Waals surface area contributed by atoms with Gasteiger partial charge in [-0.1, -0.05) is 13.8 Å². The maximum Gasteiger partial charge on any atom is 0.222 e. The lowest BCUT2D eigenvalue weighted by atomic mass is 10.0. The number of nitrogens with one attached hydrogen (secondary N) is 1. The van der Waals surface area contributed by atoms with E-state index in [2.05, 4.69) is 24.1 Å². The van der Waals surface area contributed by atoms with Gasteiger partial charge in [-0.2, -0.15) is 0 Å². The predicted molar refractivity (Wildman–Crippen MR) is 69.8 cm³/mol. The minimum absolute atomic E-state index is 0.00481. The first-order chi connectivity index (χ1) is 7.92. The third-order valence-electron chi connectivity index (χ3n) is 2.95. The number of nitrogens with zero attached hydrogens (tertiary/aromatic N) is 1. The highest BCUT2D eigenvalue weighted by Crippen LogP contribution is 2.06. The molecule has 3 N–H and O–H groups in total. The van der Waals surface area contributed by atoms with E-state index in [0.717, 1.165) is 0 Å².